The van der Waals surface area contributed by atoms with Crippen LogP contribution in [0.25, 0.3) is 0 Å². The van der Waals surface area contributed by atoms with Crippen LogP contribution in [0.2, 0.25) is 0 Å². The summed E-state index contributed by atoms with van der Waals surface area (Å²) in [5.41, 5.74) is 3.40. The Labute approximate surface area is 171 Å². The van der Waals surface area contributed by atoms with Gasteiger partial charge in [0.25, 0.3) is 11.8 Å². The van der Waals surface area contributed by atoms with Crippen molar-refractivity contribution in [3.8, 4) is 0 Å². The van der Waals surface area contributed by atoms with Crippen molar-refractivity contribution in [2.75, 3.05) is 31.1 Å². The average molecular weight is 403 g/mol. The smallest absolute Gasteiger partial charge is 0.254 e. The van der Waals surface area contributed by atoms with E-state index >= 15 is 0 Å². The second-order valence-corrected chi connectivity index (χ2v) is 8.45. The van der Waals surface area contributed by atoms with Crippen molar-refractivity contribution in [2.24, 2.45) is 10.9 Å². The Morgan fingerprint density at radius 3 is 2.68 bits per heavy atom. The summed E-state index contributed by atoms with van der Waals surface area (Å²) in [5.74, 6) is -0.662. The number of nitrogens with one attached hydrogen (secondary N) is 2. The molecule has 1 saturated heterocycles. The highest BCUT2D eigenvalue weighted by Gasteiger charge is 2.27. The van der Waals surface area contributed by atoms with E-state index in [-0.39, 0.29) is 24.3 Å². The number of piperidine rings is 1. The van der Waals surface area contributed by atoms with Crippen molar-refractivity contribution < 1.29 is 9.59 Å². The number of rotatable bonds is 6. The Morgan fingerprint density at radius 2 is 2.04 bits per heavy atom. The summed E-state index contributed by atoms with van der Waals surface area (Å²) in [6.07, 6.45) is 4.16. The molecular weight excluding hydrogens is 372 g/mol. The average Bonchev–Trinajstić information content (AvgIpc) is 3.04. The van der Waals surface area contributed by atoms with E-state index in [1.165, 1.54) is 5.00 Å². The Morgan fingerprint density at radius 1 is 1.32 bits per heavy atom. The third kappa shape index (κ3) is 4.36. The second kappa shape index (κ2) is 9.01. The van der Waals surface area contributed by atoms with Gasteiger partial charge in [-0.25, -0.2) is 4.99 Å². The number of nitrogens with zero attached hydrogens (tertiary/aromatic N) is 2. The lowest BCUT2D eigenvalue weighted by molar-refractivity contribution is -0.120. The molecule has 0 radical (unpaired) electrons. The summed E-state index contributed by atoms with van der Waals surface area (Å²) in [6.45, 7) is 11.2. The third-order valence-electron chi connectivity index (χ3n) is 5.65. The van der Waals surface area contributed by atoms with Crippen molar-refractivity contribution in [2.45, 2.75) is 46.6 Å². The van der Waals surface area contributed by atoms with Crippen LogP contribution >= 0.6 is 11.3 Å². The van der Waals surface area contributed by atoms with Gasteiger partial charge in [0.15, 0.2) is 0 Å². The second-order valence-electron chi connectivity index (χ2n) is 7.59. The fourth-order valence-corrected chi connectivity index (χ4v) is 5.26. The number of carbonyl (C=O) groups is 2. The van der Waals surface area contributed by atoms with Crippen LogP contribution in [0.5, 0.6) is 0 Å². The maximum Gasteiger partial charge on any atom is 0.254 e. The van der Waals surface area contributed by atoms with Gasteiger partial charge in [0, 0.05) is 30.2 Å². The van der Waals surface area contributed by atoms with Crippen molar-refractivity contribution in [3.05, 3.63) is 28.2 Å². The zero-order chi connectivity index (χ0) is 20.3. The van der Waals surface area contributed by atoms with Crippen molar-refractivity contribution >= 4 is 33.9 Å². The SMILES string of the molecule is CCN(c1scc(C(=O)NCC2C(=O)N=C(C)C=C2C)c1C)C1CCNCC1. The molecule has 7 heteroatoms. The summed E-state index contributed by atoms with van der Waals surface area (Å²) < 4.78 is 0. The number of carbonyl (C=O) groups excluding carboxylic acids is 2. The molecule has 3 heterocycles. The summed E-state index contributed by atoms with van der Waals surface area (Å²) in [7, 11) is 0. The van der Waals surface area contributed by atoms with E-state index in [1.54, 1.807) is 11.3 Å². The molecule has 1 unspecified atom stereocenters. The highest BCUT2D eigenvalue weighted by Crippen LogP contribution is 2.34. The molecule has 1 fully saturated rings. The molecule has 0 saturated carbocycles. The highest BCUT2D eigenvalue weighted by molar-refractivity contribution is 7.14. The van der Waals surface area contributed by atoms with Crippen LogP contribution in [-0.2, 0) is 4.79 Å². The van der Waals surface area contributed by atoms with Gasteiger partial charge in [-0.15, -0.1) is 11.3 Å². The van der Waals surface area contributed by atoms with E-state index in [0.29, 0.717) is 11.6 Å². The van der Waals surface area contributed by atoms with Gasteiger partial charge >= 0.3 is 0 Å². The van der Waals surface area contributed by atoms with Gasteiger partial charge < -0.3 is 15.5 Å². The highest BCUT2D eigenvalue weighted by atomic mass is 32.1. The molecule has 0 aromatic carbocycles. The zero-order valence-electron chi connectivity index (χ0n) is 17.2. The number of hydrogen-bond acceptors (Lipinski definition) is 5. The lowest BCUT2D eigenvalue weighted by Gasteiger charge is -2.35. The van der Waals surface area contributed by atoms with E-state index in [9.17, 15) is 9.59 Å². The monoisotopic (exact) mass is 402 g/mol. The number of aliphatic imine (C=N–C) groups is 1. The van der Waals surface area contributed by atoms with Crippen molar-refractivity contribution in [1.29, 1.82) is 0 Å². The Balaban J connectivity index is 1.68. The van der Waals surface area contributed by atoms with Crippen molar-refractivity contribution in [1.82, 2.24) is 10.6 Å². The summed E-state index contributed by atoms with van der Waals surface area (Å²) >= 11 is 1.64. The minimum Gasteiger partial charge on any atom is -0.360 e. The molecule has 2 aliphatic heterocycles. The molecule has 0 bridgehead atoms. The molecule has 1 aromatic heterocycles. The number of allylic oxidation sites excluding steroid dienone is 1. The van der Waals surface area contributed by atoms with Crippen molar-refractivity contribution in [3.63, 3.8) is 0 Å². The third-order valence-corrected chi connectivity index (χ3v) is 6.76. The van der Waals surface area contributed by atoms with Crippen LogP contribution in [0, 0.1) is 12.8 Å². The van der Waals surface area contributed by atoms with E-state index in [4.69, 9.17) is 0 Å². The predicted octanol–water partition coefficient (Wildman–Crippen LogP) is 2.93. The van der Waals surface area contributed by atoms with Gasteiger partial charge in [-0.3, -0.25) is 9.59 Å². The standard InChI is InChI=1S/C21H30N4O2S/c1-5-25(16-6-8-22-9-7-16)21-15(4)18(12-28-21)19(26)23-11-17-13(2)10-14(3)24-20(17)27/h10,12,16-17,22H,5-9,11H2,1-4H3,(H,23,26). The maximum atomic E-state index is 12.8. The van der Waals surface area contributed by atoms with Gasteiger partial charge in [0.05, 0.1) is 16.5 Å². The molecule has 6 nitrogen and oxygen atoms in total. The predicted molar refractivity (Wildman–Crippen MR) is 116 cm³/mol. The van der Waals surface area contributed by atoms with Gasteiger partial charge in [0.1, 0.15) is 0 Å². The minimum absolute atomic E-state index is 0.117. The zero-order valence-corrected chi connectivity index (χ0v) is 18.0. The molecule has 152 valence electrons. The number of hydrogen-bond donors (Lipinski definition) is 2. The van der Waals surface area contributed by atoms with Gasteiger partial charge in [0.2, 0.25) is 0 Å². The Hall–Kier alpha value is -1.99. The molecule has 0 aliphatic carbocycles. The van der Waals surface area contributed by atoms with Gasteiger partial charge in [-0.2, -0.15) is 0 Å². The van der Waals surface area contributed by atoms with Crippen LogP contribution in [0.3, 0.4) is 0 Å². The topological polar surface area (TPSA) is 73.8 Å². The minimum atomic E-state index is -0.368. The van der Waals surface area contributed by atoms with Crippen LogP contribution < -0.4 is 15.5 Å². The van der Waals surface area contributed by atoms with Crippen LogP contribution in [0.1, 0.15) is 49.5 Å². The molecule has 3 rings (SSSR count). The molecule has 1 aromatic rings. The normalized spacial score (nSPS) is 20.6. The van der Waals surface area contributed by atoms with Gasteiger partial charge in [-0.05, 0) is 65.3 Å². The summed E-state index contributed by atoms with van der Waals surface area (Å²) in [4.78, 5) is 31.4. The first-order valence-electron chi connectivity index (χ1n) is 10.0. The fourth-order valence-electron chi connectivity index (χ4n) is 4.05. The van der Waals surface area contributed by atoms with Crippen LogP contribution in [0.4, 0.5) is 5.00 Å². The number of thiophene rings is 1. The quantitative estimate of drug-likeness (QED) is 0.767. The lowest BCUT2D eigenvalue weighted by Crippen LogP contribution is -2.43. The number of dihydropyridines is 1. The summed E-state index contributed by atoms with van der Waals surface area (Å²) in [5, 5.41) is 9.48. The summed E-state index contributed by atoms with van der Waals surface area (Å²) in [6, 6.07) is 0.522. The molecular formula is C21H30N4O2S. The van der Waals surface area contributed by atoms with Gasteiger partial charge in [-0.1, -0.05) is 5.57 Å². The van der Waals surface area contributed by atoms with Crippen LogP contribution in [0.15, 0.2) is 22.0 Å². The molecule has 2 amide bonds. The Bertz CT molecular complexity index is 805. The van der Waals surface area contributed by atoms with Crippen LogP contribution in [-0.4, -0.2) is 49.7 Å². The van der Waals surface area contributed by atoms with E-state index < -0.39 is 0 Å². The lowest BCUT2D eigenvalue weighted by atomic mass is 9.95. The maximum absolute atomic E-state index is 12.8. The molecule has 2 aliphatic rings. The fraction of sp³-hybridized carbons (Fsp3) is 0.571. The molecule has 28 heavy (non-hydrogen) atoms. The molecule has 2 N–H and O–H groups in total. The Kier molecular flexibility index (Phi) is 6.67. The molecule has 1 atom stereocenters. The number of anilines is 1. The first kappa shape index (κ1) is 20.7. The largest absolute Gasteiger partial charge is 0.360 e. The first-order chi connectivity index (χ1) is 13.4. The first-order valence-corrected chi connectivity index (χ1v) is 10.9. The number of amides is 2. The van der Waals surface area contributed by atoms with E-state index in [0.717, 1.165) is 49.3 Å². The molecule has 0 spiro atoms. The van der Waals surface area contributed by atoms with E-state index in [2.05, 4.69) is 27.4 Å². The van der Waals surface area contributed by atoms with E-state index in [1.807, 2.05) is 32.2 Å².